The zero-order chi connectivity index (χ0) is 19.3. The first-order valence-corrected chi connectivity index (χ1v) is 10.3. The third kappa shape index (κ3) is 8.08. The van der Waals surface area contributed by atoms with Crippen molar-refractivity contribution in [3.05, 3.63) is 23.8 Å². The van der Waals surface area contributed by atoms with Gasteiger partial charge in [0.25, 0.3) is 0 Å². The number of aliphatic imine (C=N–C) groups is 1. The molecular weight excluding hydrogens is 342 g/mol. The number of nitrogens with one attached hydrogen (secondary N) is 2. The summed E-state index contributed by atoms with van der Waals surface area (Å²) in [5.41, 5.74) is 0.995. The van der Waals surface area contributed by atoms with Gasteiger partial charge in [0, 0.05) is 19.7 Å². The van der Waals surface area contributed by atoms with Crippen molar-refractivity contribution in [3.8, 4) is 11.5 Å². The van der Waals surface area contributed by atoms with Crippen LogP contribution in [-0.2, 0) is 11.3 Å². The number of ether oxygens (including phenoxy) is 2. The van der Waals surface area contributed by atoms with Crippen molar-refractivity contribution in [1.29, 1.82) is 0 Å². The van der Waals surface area contributed by atoms with Crippen LogP contribution in [0.4, 0.5) is 0 Å². The summed E-state index contributed by atoms with van der Waals surface area (Å²) in [6, 6.07) is 5.35. The fourth-order valence-corrected chi connectivity index (χ4v) is 3.20. The van der Waals surface area contributed by atoms with Gasteiger partial charge in [-0.1, -0.05) is 25.3 Å². The average molecular weight is 378 g/mol. The van der Waals surface area contributed by atoms with E-state index in [1.807, 2.05) is 19.1 Å². The number of benzene rings is 1. The van der Waals surface area contributed by atoms with Gasteiger partial charge in [-0.2, -0.15) is 0 Å². The lowest BCUT2D eigenvalue weighted by atomic mass is 9.98. The molecule has 1 aromatic rings. The van der Waals surface area contributed by atoms with E-state index in [2.05, 4.69) is 22.5 Å². The molecule has 0 heterocycles. The van der Waals surface area contributed by atoms with E-state index in [-0.39, 0.29) is 5.75 Å². The zero-order valence-electron chi connectivity index (χ0n) is 16.8. The van der Waals surface area contributed by atoms with Crippen molar-refractivity contribution in [3.63, 3.8) is 0 Å². The predicted octanol–water partition coefficient (Wildman–Crippen LogP) is 3.59. The highest BCUT2D eigenvalue weighted by molar-refractivity contribution is 5.79. The molecule has 1 fully saturated rings. The minimum Gasteiger partial charge on any atom is -0.504 e. The number of hydrogen-bond acceptors (Lipinski definition) is 4. The Kier molecular flexibility index (Phi) is 9.84. The standard InChI is InChI=1S/C21H35N3O3/c1-3-22-21(23-13-8-14-27-18-9-6-5-7-10-18)24-16-17-11-12-19(25)20(15-17)26-4-2/h11-12,15,18,25H,3-10,13-14,16H2,1-2H3,(H2,22,23,24). The Balaban J connectivity index is 1.75. The van der Waals surface area contributed by atoms with Crippen LogP contribution in [0.2, 0.25) is 0 Å². The van der Waals surface area contributed by atoms with Crippen LogP contribution in [-0.4, -0.2) is 43.5 Å². The quantitative estimate of drug-likeness (QED) is 0.330. The third-order valence-corrected chi connectivity index (χ3v) is 4.61. The lowest BCUT2D eigenvalue weighted by Gasteiger charge is -2.22. The molecule has 152 valence electrons. The van der Waals surface area contributed by atoms with Crippen molar-refractivity contribution in [2.75, 3.05) is 26.3 Å². The third-order valence-electron chi connectivity index (χ3n) is 4.61. The van der Waals surface area contributed by atoms with Crippen molar-refractivity contribution in [2.24, 2.45) is 4.99 Å². The molecule has 3 N–H and O–H groups in total. The summed E-state index contributed by atoms with van der Waals surface area (Å²) in [5, 5.41) is 16.4. The normalized spacial score (nSPS) is 15.6. The number of aromatic hydroxyl groups is 1. The minimum absolute atomic E-state index is 0.160. The molecule has 1 aromatic carbocycles. The number of phenols is 1. The van der Waals surface area contributed by atoms with E-state index in [0.717, 1.165) is 37.6 Å². The smallest absolute Gasteiger partial charge is 0.191 e. The fraction of sp³-hybridized carbons (Fsp3) is 0.667. The molecule has 0 spiro atoms. The molecule has 0 aromatic heterocycles. The molecule has 0 aliphatic heterocycles. The number of phenolic OH excluding ortho intramolecular Hbond substituents is 1. The molecule has 1 aliphatic rings. The lowest BCUT2D eigenvalue weighted by Crippen LogP contribution is -2.38. The number of nitrogens with zero attached hydrogens (tertiary/aromatic N) is 1. The second-order valence-corrected chi connectivity index (χ2v) is 6.84. The van der Waals surface area contributed by atoms with Crippen LogP contribution in [0.5, 0.6) is 11.5 Å². The maximum Gasteiger partial charge on any atom is 0.191 e. The molecule has 0 radical (unpaired) electrons. The van der Waals surface area contributed by atoms with Crippen LogP contribution in [0.15, 0.2) is 23.2 Å². The van der Waals surface area contributed by atoms with Crippen LogP contribution in [0.3, 0.4) is 0 Å². The maximum atomic E-state index is 9.79. The van der Waals surface area contributed by atoms with Gasteiger partial charge in [-0.15, -0.1) is 0 Å². The summed E-state index contributed by atoms with van der Waals surface area (Å²) in [4.78, 5) is 4.62. The number of hydrogen-bond donors (Lipinski definition) is 3. The summed E-state index contributed by atoms with van der Waals surface area (Å²) < 4.78 is 11.4. The lowest BCUT2D eigenvalue weighted by molar-refractivity contribution is 0.0277. The van der Waals surface area contributed by atoms with Crippen molar-refractivity contribution in [1.82, 2.24) is 10.6 Å². The molecular formula is C21H35N3O3. The molecule has 1 saturated carbocycles. The van der Waals surface area contributed by atoms with Gasteiger partial charge in [0.1, 0.15) is 0 Å². The molecule has 0 bridgehead atoms. The van der Waals surface area contributed by atoms with Gasteiger partial charge in [-0.25, -0.2) is 4.99 Å². The monoisotopic (exact) mass is 377 g/mol. The Labute approximate surface area is 163 Å². The molecule has 0 unspecified atom stereocenters. The summed E-state index contributed by atoms with van der Waals surface area (Å²) in [5.74, 6) is 1.46. The van der Waals surface area contributed by atoms with Crippen LogP contribution >= 0.6 is 0 Å². The summed E-state index contributed by atoms with van der Waals surface area (Å²) >= 11 is 0. The molecule has 6 nitrogen and oxygen atoms in total. The molecule has 2 rings (SSSR count). The Hall–Kier alpha value is -1.95. The largest absolute Gasteiger partial charge is 0.504 e. The Morgan fingerprint density at radius 3 is 2.74 bits per heavy atom. The second-order valence-electron chi connectivity index (χ2n) is 6.84. The minimum atomic E-state index is 0.160. The summed E-state index contributed by atoms with van der Waals surface area (Å²) in [6.45, 7) is 7.43. The van der Waals surface area contributed by atoms with Crippen molar-refractivity contribution >= 4 is 5.96 Å². The van der Waals surface area contributed by atoms with Crippen molar-refractivity contribution in [2.45, 2.75) is 65.0 Å². The van der Waals surface area contributed by atoms with Crippen LogP contribution in [0.1, 0.15) is 57.9 Å². The molecule has 6 heteroatoms. The topological polar surface area (TPSA) is 75.1 Å². The van der Waals surface area contributed by atoms with E-state index < -0.39 is 0 Å². The maximum absolute atomic E-state index is 9.79. The first kappa shape index (κ1) is 21.4. The van der Waals surface area contributed by atoms with Crippen LogP contribution in [0, 0.1) is 0 Å². The highest BCUT2D eigenvalue weighted by Crippen LogP contribution is 2.27. The summed E-state index contributed by atoms with van der Waals surface area (Å²) in [6.07, 6.45) is 7.84. The highest BCUT2D eigenvalue weighted by atomic mass is 16.5. The Morgan fingerprint density at radius 2 is 2.00 bits per heavy atom. The van der Waals surface area contributed by atoms with E-state index in [1.165, 1.54) is 32.1 Å². The molecule has 27 heavy (non-hydrogen) atoms. The van der Waals surface area contributed by atoms with Crippen LogP contribution < -0.4 is 15.4 Å². The summed E-state index contributed by atoms with van der Waals surface area (Å²) in [7, 11) is 0. The zero-order valence-corrected chi connectivity index (χ0v) is 16.8. The average Bonchev–Trinajstić information content (AvgIpc) is 2.69. The SMILES string of the molecule is CCNC(=NCc1ccc(O)c(OCC)c1)NCCCOC1CCCCC1. The highest BCUT2D eigenvalue weighted by Gasteiger charge is 2.13. The van der Waals surface area contributed by atoms with E-state index in [9.17, 15) is 5.11 Å². The van der Waals surface area contributed by atoms with E-state index in [0.29, 0.717) is 25.0 Å². The molecule has 0 amide bonds. The van der Waals surface area contributed by atoms with E-state index >= 15 is 0 Å². The Bertz CT molecular complexity index is 572. The van der Waals surface area contributed by atoms with E-state index in [4.69, 9.17) is 9.47 Å². The van der Waals surface area contributed by atoms with Gasteiger partial charge in [-0.05, 0) is 50.8 Å². The molecule has 0 saturated heterocycles. The van der Waals surface area contributed by atoms with Gasteiger partial charge in [0.2, 0.25) is 0 Å². The fourth-order valence-electron chi connectivity index (χ4n) is 3.20. The number of guanidine groups is 1. The number of rotatable bonds is 10. The van der Waals surface area contributed by atoms with Gasteiger partial charge in [0.05, 0.1) is 19.3 Å². The van der Waals surface area contributed by atoms with Crippen molar-refractivity contribution < 1.29 is 14.6 Å². The van der Waals surface area contributed by atoms with Gasteiger partial charge >= 0.3 is 0 Å². The van der Waals surface area contributed by atoms with E-state index in [1.54, 1.807) is 6.07 Å². The first-order valence-electron chi connectivity index (χ1n) is 10.3. The first-order chi connectivity index (χ1) is 13.2. The van der Waals surface area contributed by atoms with Gasteiger partial charge in [0.15, 0.2) is 17.5 Å². The molecule has 0 atom stereocenters. The van der Waals surface area contributed by atoms with Gasteiger partial charge in [-0.3, -0.25) is 0 Å². The van der Waals surface area contributed by atoms with Gasteiger partial charge < -0.3 is 25.2 Å². The second kappa shape index (κ2) is 12.4. The molecule has 1 aliphatic carbocycles. The van der Waals surface area contributed by atoms with Crippen LogP contribution in [0.25, 0.3) is 0 Å². The Morgan fingerprint density at radius 1 is 1.19 bits per heavy atom. The predicted molar refractivity (Wildman–Crippen MR) is 110 cm³/mol.